The van der Waals surface area contributed by atoms with Gasteiger partial charge in [-0.25, -0.2) is 4.79 Å². The molecule has 0 aliphatic rings. The highest BCUT2D eigenvalue weighted by Gasteiger charge is 2.77. The van der Waals surface area contributed by atoms with Gasteiger partial charge in [-0.05, 0) is 0 Å². The van der Waals surface area contributed by atoms with E-state index in [4.69, 9.17) is 10.0 Å². The third kappa shape index (κ3) is 1.51. The highest BCUT2D eigenvalue weighted by atomic mass is 19.3. The van der Waals surface area contributed by atoms with E-state index in [1.165, 1.54) is 0 Å². The molecule has 0 aliphatic heterocycles. The molecule has 0 amide bonds. The van der Waals surface area contributed by atoms with Gasteiger partial charge >= 0.3 is 23.9 Å². The zero-order valence-electron chi connectivity index (χ0n) is 5.98. The van der Waals surface area contributed by atoms with Gasteiger partial charge in [0, 0.05) is 5.18 Å². The zero-order chi connectivity index (χ0) is 11.8. The average Bonchev–Trinajstić information content (AvgIpc) is 2.03. The number of rotatable bonds is 4. The zero-order valence-corrected chi connectivity index (χ0v) is 5.98. The number of alkyl halides is 6. The minimum Gasteiger partial charge on any atom is -0.477 e. The van der Waals surface area contributed by atoms with Crippen molar-refractivity contribution in [2.24, 2.45) is 5.18 Å². The van der Waals surface area contributed by atoms with Crippen LogP contribution in [0.5, 0.6) is 0 Å². The molecule has 0 aromatic rings. The lowest BCUT2D eigenvalue weighted by molar-refractivity contribution is -0.300. The van der Waals surface area contributed by atoms with Gasteiger partial charge in [-0.3, -0.25) is 0 Å². The van der Waals surface area contributed by atoms with Gasteiger partial charge in [0.15, 0.2) is 0 Å². The van der Waals surface area contributed by atoms with Crippen LogP contribution in [0.3, 0.4) is 0 Å². The molecule has 0 aliphatic carbocycles. The molecule has 1 N–H and O–H groups in total. The van der Waals surface area contributed by atoms with Crippen molar-refractivity contribution in [1.82, 2.24) is 0 Å². The van der Waals surface area contributed by atoms with Crippen LogP contribution in [-0.2, 0) is 4.79 Å². The number of nitroso groups, excluding NO2 is 1. The molecule has 4 nitrogen and oxygen atoms in total. The van der Waals surface area contributed by atoms with Gasteiger partial charge in [-0.15, -0.1) is 4.91 Å². The number of carbonyl (C=O) groups is 1. The second-order valence-corrected chi connectivity index (χ2v) is 2.09. The Morgan fingerprint density at radius 2 is 1.43 bits per heavy atom. The van der Waals surface area contributed by atoms with Crippen LogP contribution in [0.1, 0.15) is 0 Å². The fraction of sp³-hybridized carbons (Fsp3) is 0.750. The van der Waals surface area contributed by atoms with Crippen LogP contribution in [-0.4, -0.2) is 29.0 Å². The van der Waals surface area contributed by atoms with Crippen molar-refractivity contribution in [3.05, 3.63) is 4.91 Å². The van der Waals surface area contributed by atoms with Gasteiger partial charge in [0.25, 0.3) is 0 Å². The molecule has 0 heterocycles. The Morgan fingerprint density at radius 3 is 1.64 bits per heavy atom. The van der Waals surface area contributed by atoms with E-state index in [1.54, 1.807) is 0 Å². The van der Waals surface area contributed by atoms with Crippen molar-refractivity contribution < 1.29 is 36.2 Å². The largest absolute Gasteiger partial charge is 0.477 e. The molecule has 0 rings (SSSR count). The molecular formula is C4HF6NO3. The van der Waals surface area contributed by atoms with E-state index in [-0.39, 0.29) is 0 Å². The minimum absolute atomic E-state index is 0.464. The lowest BCUT2D eigenvalue weighted by atomic mass is 10.1. The summed E-state index contributed by atoms with van der Waals surface area (Å²) in [5, 5.41) is 7.99. The van der Waals surface area contributed by atoms with Crippen LogP contribution >= 0.6 is 0 Å². The molecule has 0 bridgehead atoms. The summed E-state index contributed by atoms with van der Waals surface area (Å²) in [5.41, 5.74) is 0. The summed E-state index contributed by atoms with van der Waals surface area (Å²) in [4.78, 5) is 18.7. The van der Waals surface area contributed by atoms with Crippen molar-refractivity contribution in [3.63, 3.8) is 0 Å². The van der Waals surface area contributed by atoms with Crippen molar-refractivity contribution in [2.75, 3.05) is 0 Å². The number of hydrogen-bond acceptors (Lipinski definition) is 3. The lowest BCUT2D eigenvalue weighted by Gasteiger charge is -2.25. The predicted molar refractivity (Wildman–Crippen MR) is 28.3 cm³/mol. The highest BCUT2D eigenvalue weighted by Crippen LogP contribution is 2.46. The summed E-state index contributed by atoms with van der Waals surface area (Å²) in [6.45, 7) is 0. The topological polar surface area (TPSA) is 66.7 Å². The Kier molecular flexibility index (Phi) is 2.80. The third-order valence-electron chi connectivity index (χ3n) is 1.16. The Morgan fingerprint density at radius 1 is 1.07 bits per heavy atom. The highest BCUT2D eigenvalue weighted by molar-refractivity contribution is 5.77. The van der Waals surface area contributed by atoms with Crippen LogP contribution in [0.4, 0.5) is 26.3 Å². The summed E-state index contributed by atoms with van der Waals surface area (Å²) in [6.07, 6.45) is 0. The summed E-state index contributed by atoms with van der Waals surface area (Å²) in [7, 11) is 0. The number of carboxylic acids is 1. The van der Waals surface area contributed by atoms with Gasteiger partial charge in [0.2, 0.25) is 0 Å². The SMILES string of the molecule is O=NC(F)(F)C(F)(F)C(F)(F)C(=O)O. The van der Waals surface area contributed by atoms with Gasteiger partial charge in [0.1, 0.15) is 0 Å². The van der Waals surface area contributed by atoms with Gasteiger partial charge in [0.05, 0.1) is 0 Å². The number of aliphatic carboxylic acids is 1. The van der Waals surface area contributed by atoms with Crippen LogP contribution in [0.15, 0.2) is 5.18 Å². The van der Waals surface area contributed by atoms with E-state index in [0.29, 0.717) is 5.18 Å². The first kappa shape index (κ1) is 12.7. The maximum absolute atomic E-state index is 12.1. The van der Waals surface area contributed by atoms with Crippen LogP contribution in [0.25, 0.3) is 0 Å². The minimum atomic E-state index is -6.38. The average molecular weight is 225 g/mol. The van der Waals surface area contributed by atoms with Crippen molar-refractivity contribution in [1.29, 1.82) is 0 Å². The van der Waals surface area contributed by atoms with Crippen molar-refractivity contribution >= 4 is 5.97 Å². The quantitative estimate of drug-likeness (QED) is 0.449. The predicted octanol–water partition coefficient (Wildman–Crippen LogP) is 1.70. The van der Waals surface area contributed by atoms with Gasteiger partial charge in [-0.2, -0.15) is 26.3 Å². The Balaban J connectivity index is 5.35. The van der Waals surface area contributed by atoms with Crippen LogP contribution in [0.2, 0.25) is 0 Å². The smallest absolute Gasteiger partial charge is 0.446 e. The standard InChI is InChI=1S/C4HF6NO3/c5-2(6,1(12)13)3(7,8)4(9,10)11-14/h(H,12,13). The summed E-state index contributed by atoms with van der Waals surface area (Å²) in [6, 6.07) is -5.99. The molecule has 0 spiro atoms. The maximum Gasteiger partial charge on any atom is 0.446 e. The van der Waals surface area contributed by atoms with Crippen LogP contribution in [0, 0.1) is 4.91 Å². The van der Waals surface area contributed by atoms with Crippen molar-refractivity contribution in [3.8, 4) is 0 Å². The maximum atomic E-state index is 12.1. The fourth-order valence-corrected chi connectivity index (χ4v) is 0.381. The Hall–Kier alpha value is -1.35. The molecule has 0 saturated carbocycles. The van der Waals surface area contributed by atoms with Crippen LogP contribution < -0.4 is 0 Å². The molecule has 0 saturated heterocycles. The lowest BCUT2D eigenvalue weighted by Crippen LogP contribution is -2.57. The first-order valence-electron chi connectivity index (χ1n) is 2.72. The molecule has 82 valence electrons. The van der Waals surface area contributed by atoms with E-state index in [9.17, 15) is 31.1 Å². The summed E-state index contributed by atoms with van der Waals surface area (Å²) in [5.74, 6) is -15.9. The number of carboxylic acid groups (broad SMARTS) is 1. The van der Waals surface area contributed by atoms with Gasteiger partial charge in [-0.1, -0.05) is 0 Å². The van der Waals surface area contributed by atoms with E-state index in [2.05, 4.69) is 0 Å². The molecule has 0 atom stereocenters. The molecule has 0 fully saturated rings. The molecular weight excluding hydrogens is 224 g/mol. The fourth-order valence-electron chi connectivity index (χ4n) is 0.381. The third-order valence-corrected chi connectivity index (χ3v) is 1.16. The number of halogens is 6. The summed E-state index contributed by atoms with van der Waals surface area (Å²) < 4.78 is 71.7. The number of hydrogen-bond donors (Lipinski definition) is 1. The molecule has 14 heavy (non-hydrogen) atoms. The molecule has 0 unspecified atom stereocenters. The molecule has 0 aromatic carbocycles. The Bertz CT molecular complexity index is 264. The first-order chi connectivity index (χ1) is 6.00. The van der Waals surface area contributed by atoms with Crippen molar-refractivity contribution in [2.45, 2.75) is 17.9 Å². The molecule has 0 aromatic heterocycles. The van der Waals surface area contributed by atoms with E-state index in [0.717, 1.165) is 0 Å². The normalized spacial score (nSPS) is 13.9. The molecule has 10 heteroatoms. The summed E-state index contributed by atoms with van der Waals surface area (Å²) >= 11 is 0. The first-order valence-corrected chi connectivity index (χ1v) is 2.72. The monoisotopic (exact) mass is 225 g/mol. The second kappa shape index (κ2) is 3.10. The van der Waals surface area contributed by atoms with E-state index in [1.807, 2.05) is 0 Å². The second-order valence-electron chi connectivity index (χ2n) is 2.09. The Labute approximate surface area is 71.5 Å². The molecule has 0 radical (unpaired) electrons. The number of nitrogens with zero attached hydrogens (tertiary/aromatic N) is 1. The van der Waals surface area contributed by atoms with E-state index < -0.39 is 23.9 Å². The van der Waals surface area contributed by atoms with Gasteiger partial charge < -0.3 is 5.11 Å². The van der Waals surface area contributed by atoms with E-state index >= 15 is 0 Å².